The van der Waals surface area contributed by atoms with Gasteiger partial charge in [0, 0.05) is 30.9 Å². The Morgan fingerprint density at radius 3 is 2.40 bits per heavy atom. The molecule has 0 amide bonds. The summed E-state index contributed by atoms with van der Waals surface area (Å²) in [4.78, 5) is 19.0. The van der Waals surface area contributed by atoms with Crippen LogP contribution in [0.25, 0.3) is 11.0 Å². The Kier molecular flexibility index (Phi) is 4.95. The zero-order valence-corrected chi connectivity index (χ0v) is 17.4. The number of benzene rings is 2. The van der Waals surface area contributed by atoms with Crippen molar-refractivity contribution in [1.29, 1.82) is 0 Å². The first kappa shape index (κ1) is 19.6. The second-order valence-corrected chi connectivity index (χ2v) is 7.53. The maximum absolute atomic E-state index is 12.4. The molecule has 0 unspecified atom stereocenters. The number of nitrogens with zero attached hydrogens (tertiary/aromatic N) is 5. The third-order valence-corrected chi connectivity index (χ3v) is 5.35. The highest BCUT2D eigenvalue weighted by molar-refractivity contribution is 6.12. The summed E-state index contributed by atoms with van der Waals surface area (Å²) in [5.74, 6) is -0.0590. The lowest BCUT2D eigenvalue weighted by Crippen LogP contribution is -2.08. The van der Waals surface area contributed by atoms with Crippen LogP contribution < -0.4 is 4.90 Å². The topological polar surface area (TPSA) is 83.1 Å². The minimum Gasteiger partial charge on any atom is -0.505 e. The van der Waals surface area contributed by atoms with Crippen molar-refractivity contribution in [3.8, 4) is 0 Å². The van der Waals surface area contributed by atoms with E-state index in [0.717, 1.165) is 22.3 Å². The first-order valence-electron chi connectivity index (χ1n) is 9.66. The summed E-state index contributed by atoms with van der Waals surface area (Å²) in [6, 6.07) is 16.0. The molecule has 30 heavy (non-hydrogen) atoms. The number of Topliss-reactive ketones (excluding diaryl/α,β-unsaturated/α-hetero) is 1. The van der Waals surface area contributed by atoms with E-state index in [1.165, 1.54) is 0 Å². The highest BCUT2D eigenvalue weighted by Gasteiger charge is 2.28. The van der Waals surface area contributed by atoms with Crippen LogP contribution in [0.15, 0.2) is 81.4 Å². The van der Waals surface area contributed by atoms with E-state index >= 15 is 0 Å². The molecule has 1 aromatic heterocycles. The zero-order valence-electron chi connectivity index (χ0n) is 17.4. The number of fused-ring (bicyclic) bond motifs is 1. The predicted octanol–water partition coefficient (Wildman–Crippen LogP) is 4.92. The maximum Gasteiger partial charge on any atom is 0.250 e. The minimum absolute atomic E-state index is 0.0442. The zero-order chi connectivity index (χ0) is 21.4. The molecular weight excluding hydrogens is 378 g/mol. The number of aliphatic hydroxyl groups excluding tert-OH is 1. The Hall–Kier alpha value is -3.74. The van der Waals surface area contributed by atoms with Gasteiger partial charge in [0.25, 0.3) is 5.95 Å². The molecule has 1 aliphatic carbocycles. The van der Waals surface area contributed by atoms with Crippen LogP contribution in [-0.2, 0) is 11.3 Å². The number of carbonyl (C=O) groups is 1. The van der Waals surface area contributed by atoms with Gasteiger partial charge in [0.15, 0.2) is 5.70 Å². The average molecular weight is 401 g/mol. The molecule has 3 aromatic rings. The van der Waals surface area contributed by atoms with E-state index in [4.69, 9.17) is 0 Å². The lowest BCUT2D eigenvalue weighted by Gasteiger charge is -2.13. The fourth-order valence-electron chi connectivity index (χ4n) is 3.37. The summed E-state index contributed by atoms with van der Waals surface area (Å²) in [5.41, 5.74) is 4.81. The van der Waals surface area contributed by atoms with E-state index in [1.807, 2.05) is 66.0 Å². The molecule has 0 bridgehead atoms. The monoisotopic (exact) mass is 401 g/mol. The highest BCUT2D eigenvalue weighted by Crippen LogP contribution is 2.31. The second-order valence-electron chi connectivity index (χ2n) is 7.53. The van der Waals surface area contributed by atoms with Gasteiger partial charge in [0.1, 0.15) is 5.76 Å². The van der Waals surface area contributed by atoms with Crippen molar-refractivity contribution < 1.29 is 9.90 Å². The number of hydrogen-bond acceptors (Lipinski definition) is 6. The van der Waals surface area contributed by atoms with E-state index in [-0.39, 0.29) is 17.2 Å². The quantitative estimate of drug-likeness (QED) is 0.615. The van der Waals surface area contributed by atoms with Crippen LogP contribution in [0.5, 0.6) is 0 Å². The van der Waals surface area contributed by atoms with Gasteiger partial charge in [-0.1, -0.05) is 30.3 Å². The number of azo groups is 1. The van der Waals surface area contributed by atoms with Gasteiger partial charge < -0.3 is 14.6 Å². The molecule has 1 N–H and O–H groups in total. The van der Waals surface area contributed by atoms with Crippen LogP contribution >= 0.6 is 0 Å². The summed E-state index contributed by atoms with van der Waals surface area (Å²) in [5, 5.41) is 18.6. The van der Waals surface area contributed by atoms with Crippen molar-refractivity contribution in [3.05, 3.63) is 76.7 Å². The van der Waals surface area contributed by atoms with E-state index in [9.17, 15) is 9.90 Å². The summed E-state index contributed by atoms with van der Waals surface area (Å²) in [6.07, 6.45) is 0. The molecule has 152 valence electrons. The number of aromatic nitrogens is 2. The molecule has 0 aliphatic heterocycles. The number of rotatable bonds is 5. The van der Waals surface area contributed by atoms with Gasteiger partial charge in [-0.25, -0.2) is 4.98 Å². The summed E-state index contributed by atoms with van der Waals surface area (Å²) in [6.45, 7) is 3.92. The third kappa shape index (κ3) is 3.39. The average Bonchev–Trinajstić information content (AvgIpc) is 3.17. The molecule has 7 nitrogen and oxygen atoms in total. The summed E-state index contributed by atoms with van der Waals surface area (Å²) >= 11 is 0. The first-order chi connectivity index (χ1) is 14.4. The van der Waals surface area contributed by atoms with Crippen LogP contribution in [0.2, 0.25) is 0 Å². The Bertz CT molecular complexity index is 1230. The number of aliphatic hydroxyl groups is 1. The molecule has 0 atom stereocenters. The summed E-state index contributed by atoms with van der Waals surface area (Å²) in [7, 11) is 3.97. The Balaban J connectivity index is 1.81. The lowest BCUT2D eigenvalue weighted by molar-refractivity contribution is -0.112. The molecule has 1 aliphatic rings. The summed E-state index contributed by atoms with van der Waals surface area (Å²) < 4.78 is 1.96. The molecule has 4 rings (SSSR count). The Morgan fingerprint density at radius 2 is 1.77 bits per heavy atom. The predicted molar refractivity (Wildman–Crippen MR) is 117 cm³/mol. The van der Waals surface area contributed by atoms with Crippen molar-refractivity contribution in [2.45, 2.75) is 20.4 Å². The van der Waals surface area contributed by atoms with Gasteiger partial charge in [-0.2, -0.15) is 0 Å². The van der Waals surface area contributed by atoms with Crippen LogP contribution in [0, 0.1) is 0 Å². The smallest absolute Gasteiger partial charge is 0.250 e. The molecule has 0 spiro atoms. The van der Waals surface area contributed by atoms with E-state index in [0.29, 0.717) is 23.6 Å². The number of ketones is 1. The van der Waals surface area contributed by atoms with Crippen LogP contribution in [-0.4, -0.2) is 34.5 Å². The molecule has 0 saturated heterocycles. The van der Waals surface area contributed by atoms with Gasteiger partial charge >= 0.3 is 0 Å². The number of hydrogen-bond donors (Lipinski definition) is 1. The van der Waals surface area contributed by atoms with Gasteiger partial charge in [0.2, 0.25) is 5.78 Å². The normalized spacial score (nSPS) is 14.6. The Morgan fingerprint density at radius 1 is 1.03 bits per heavy atom. The fraction of sp³-hybridized carbons (Fsp3) is 0.217. The van der Waals surface area contributed by atoms with E-state index < -0.39 is 0 Å². The lowest BCUT2D eigenvalue weighted by atomic mass is 10.2. The van der Waals surface area contributed by atoms with E-state index in [1.54, 1.807) is 13.8 Å². The first-order valence-corrected chi connectivity index (χ1v) is 9.66. The van der Waals surface area contributed by atoms with Crippen molar-refractivity contribution in [2.24, 2.45) is 10.2 Å². The standard InChI is InChI=1S/C23H23N5O2/c1-14-15(2)22(30)20(21(14)29)25-26-23-24-18-11-10-17(27(3)4)12-19(18)28(23)13-16-8-6-5-7-9-16/h5-12,29H,13H2,1-4H3. The Labute approximate surface area is 174 Å². The van der Waals surface area contributed by atoms with Gasteiger partial charge in [-0.15, -0.1) is 10.2 Å². The largest absolute Gasteiger partial charge is 0.505 e. The van der Waals surface area contributed by atoms with Gasteiger partial charge in [-0.3, -0.25) is 4.79 Å². The van der Waals surface area contributed by atoms with Crippen LogP contribution in [0.4, 0.5) is 11.6 Å². The molecular formula is C23H23N5O2. The van der Waals surface area contributed by atoms with Gasteiger partial charge in [-0.05, 0) is 37.6 Å². The number of carbonyl (C=O) groups excluding carboxylic acids is 1. The maximum atomic E-state index is 12.4. The molecule has 1 heterocycles. The molecule has 0 radical (unpaired) electrons. The second kappa shape index (κ2) is 7.59. The molecule has 0 fully saturated rings. The number of allylic oxidation sites excluding steroid dienone is 2. The van der Waals surface area contributed by atoms with Crippen molar-refractivity contribution >= 4 is 28.5 Å². The SMILES string of the molecule is CC1=C(C)C(O)=C(N=Nc2nc3ccc(N(C)C)cc3n2Cc2ccccc2)C1=O. The molecule has 0 saturated carbocycles. The fourth-order valence-corrected chi connectivity index (χ4v) is 3.37. The van der Waals surface area contributed by atoms with Crippen molar-refractivity contribution in [1.82, 2.24) is 9.55 Å². The van der Waals surface area contributed by atoms with Crippen molar-refractivity contribution in [2.75, 3.05) is 19.0 Å². The van der Waals surface area contributed by atoms with Crippen LogP contribution in [0.3, 0.4) is 0 Å². The van der Waals surface area contributed by atoms with E-state index in [2.05, 4.69) is 21.3 Å². The van der Waals surface area contributed by atoms with Crippen molar-refractivity contribution in [3.63, 3.8) is 0 Å². The highest BCUT2D eigenvalue weighted by atomic mass is 16.3. The molecule has 2 aromatic carbocycles. The van der Waals surface area contributed by atoms with Gasteiger partial charge in [0.05, 0.1) is 17.6 Å². The molecule has 7 heteroatoms. The minimum atomic E-state index is -0.311. The third-order valence-electron chi connectivity index (χ3n) is 5.35. The number of imidazole rings is 1. The number of anilines is 1. The van der Waals surface area contributed by atoms with Crippen LogP contribution in [0.1, 0.15) is 19.4 Å².